The smallest absolute Gasteiger partial charge is 0.330 e. The standard InChI is InChI=1S/C10H13N3O3.ClH/c14-13(15)9-4-2-6-12-10(9)16-7-8-3-1-5-11-8;/h2,4,6,8,11H,1,3,5,7H2;1H. The summed E-state index contributed by atoms with van der Waals surface area (Å²) in [4.78, 5) is 14.1. The molecule has 1 aliphatic rings. The molecule has 6 nitrogen and oxygen atoms in total. The van der Waals surface area contributed by atoms with Gasteiger partial charge in [0.25, 0.3) is 5.88 Å². The van der Waals surface area contributed by atoms with Crippen molar-refractivity contribution < 1.29 is 9.66 Å². The summed E-state index contributed by atoms with van der Waals surface area (Å²) in [5.41, 5.74) is -0.0829. The molecule has 1 saturated heterocycles. The summed E-state index contributed by atoms with van der Waals surface area (Å²) >= 11 is 0. The molecule has 0 aromatic carbocycles. The third-order valence-electron chi connectivity index (χ3n) is 2.53. The topological polar surface area (TPSA) is 77.3 Å². The first-order valence-corrected chi connectivity index (χ1v) is 5.23. The highest BCUT2D eigenvalue weighted by Crippen LogP contribution is 2.23. The molecule has 17 heavy (non-hydrogen) atoms. The lowest BCUT2D eigenvalue weighted by molar-refractivity contribution is -0.386. The maximum atomic E-state index is 10.7. The summed E-state index contributed by atoms with van der Waals surface area (Å²) in [6.45, 7) is 1.41. The van der Waals surface area contributed by atoms with Crippen molar-refractivity contribution in [2.24, 2.45) is 0 Å². The van der Waals surface area contributed by atoms with Crippen LogP contribution in [-0.4, -0.2) is 29.1 Å². The third-order valence-corrected chi connectivity index (χ3v) is 2.53. The number of nitro groups is 1. The Kier molecular flexibility index (Phi) is 5.11. The van der Waals surface area contributed by atoms with Gasteiger partial charge in [0.15, 0.2) is 0 Å². The number of aromatic nitrogens is 1. The van der Waals surface area contributed by atoms with Crippen molar-refractivity contribution in [1.29, 1.82) is 0 Å². The highest BCUT2D eigenvalue weighted by atomic mass is 35.5. The lowest BCUT2D eigenvalue weighted by Gasteiger charge is -2.10. The molecule has 0 saturated carbocycles. The van der Waals surface area contributed by atoms with Crippen LogP contribution in [0.3, 0.4) is 0 Å². The fraction of sp³-hybridized carbons (Fsp3) is 0.500. The number of rotatable bonds is 4. The van der Waals surface area contributed by atoms with Crippen LogP contribution in [0.2, 0.25) is 0 Å². The van der Waals surface area contributed by atoms with Crippen LogP contribution in [0.15, 0.2) is 18.3 Å². The van der Waals surface area contributed by atoms with E-state index in [1.54, 1.807) is 0 Å². The van der Waals surface area contributed by atoms with Crippen molar-refractivity contribution in [2.45, 2.75) is 18.9 Å². The Morgan fingerprint density at radius 2 is 2.47 bits per heavy atom. The Morgan fingerprint density at radius 1 is 1.65 bits per heavy atom. The summed E-state index contributed by atoms with van der Waals surface area (Å²) in [5.74, 6) is 0.0983. The van der Waals surface area contributed by atoms with Crippen molar-refractivity contribution >= 4 is 18.1 Å². The zero-order chi connectivity index (χ0) is 11.4. The molecule has 2 heterocycles. The van der Waals surface area contributed by atoms with E-state index in [0.717, 1.165) is 19.4 Å². The van der Waals surface area contributed by atoms with Gasteiger partial charge in [0.05, 0.1) is 4.92 Å². The number of nitrogens with one attached hydrogen (secondary N) is 1. The molecule has 0 aliphatic carbocycles. The van der Waals surface area contributed by atoms with Crippen molar-refractivity contribution in [3.8, 4) is 5.88 Å². The van der Waals surface area contributed by atoms with Gasteiger partial charge < -0.3 is 10.1 Å². The van der Waals surface area contributed by atoms with Crippen molar-refractivity contribution in [3.63, 3.8) is 0 Å². The van der Waals surface area contributed by atoms with Gasteiger partial charge in [-0.25, -0.2) is 4.98 Å². The van der Waals surface area contributed by atoms with Gasteiger partial charge in [-0.05, 0) is 25.5 Å². The van der Waals surface area contributed by atoms with Crippen LogP contribution in [0.25, 0.3) is 0 Å². The van der Waals surface area contributed by atoms with Gasteiger partial charge in [0.2, 0.25) is 0 Å². The molecule has 1 aromatic rings. The quantitative estimate of drug-likeness (QED) is 0.656. The molecule has 1 N–H and O–H groups in total. The Bertz CT molecular complexity index is 383. The zero-order valence-electron chi connectivity index (χ0n) is 9.17. The summed E-state index contributed by atoms with van der Waals surface area (Å²) in [6.07, 6.45) is 3.66. The second kappa shape index (κ2) is 6.36. The number of hydrogen-bond acceptors (Lipinski definition) is 5. The Morgan fingerprint density at radius 3 is 3.12 bits per heavy atom. The molecule has 0 radical (unpaired) electrons. The summed E-state index contributed by atoms with van der Waals surface area (Å²) in [7, 11) is 0. The molecular weight excluding hydrogens is 246 g/mol. The number of halogens is 1. The molecule has 1 fully saturated rings. The Labute approximate surface area is 105 Å². The van der Waals surface area contributed by atoms with E-state index in [1.807, 2.05) is 0 Å². The number of hydrogen-bond donors (Lipinski definition) is 1. The van der Waals surface area contributed by atoms with Crippen LogP contribution in [-0.2, 0) is 0 Å². The fourth-order valence-corrected chi connectivity index (χ4v) is 1.71. The first kappa shape index (κ1) is 13.7. The predicted molar refractivity (Wildman–Crippen MR) is 64.7 cm³/mol. The molecule has 1 atom stereocenters. The van der Waals surface area contributed by atoms with E-state index in [2.05, 4.69) is 10.3 Å². The molecule has 0 amide bonds. The molecule has 7 heteroatoms. The Hall–Kier alpha value is -1.40. The van der Waals surface area contributed by atoms with Crippen LogP contribution >= 0.6 is 12.4 Å². The van der Waals surface area contributed by atoms with E-state index in [-0.39, 0.29) is 30.0 Å². The first-order chi connectivity index (χ1) is 7.77. The van der Waals surface area contributed by atoms with Crippen LogP contribution < -0.4 is 10.1 Å². The molecule has 94 valence electrons. The van der Waals surface area contributed by atoms with Crippen molar-refractivity contribution in [1.82, 2.24) is 10.3 Å². The largest absolute Gasteiger partial charge is 0.471 e. The van der Waals surface area contributed by atoms with Gasteiger partial charge in [-0.3, -0.25) is 10.1 Å². The molecule has 1 unspecified atom stereocenters. The van der Waals surface area contributed by atoms with E-state index in [9.17, 15) is 10.1 Å². The number of pyridine rings is 1. The Balaban J connectivity index is 0.00000144. The first-order valence-electron chi connectivity index (χ1n) is 5.23. The van der Waals surface area contributed by atoms with Crippen molar-refractivity contribution in [3.05, 3.63) is 28.4 Å². The lowest BCUT2D eigenvalue weighted by atomic mass is 10.2. The highest BCUT2D eigenvalue weighted by Gasteiger charge is 2.19. The van der Waals surface area contributed by atoms with E-state index in [1.165, 1.54) is 18.3 Å². The maximum Gasteiger partial charge on any atom is 0.330 e. The average Bonchev–Trinajstić information content (AvgIpc) is 2.79. The van der Waals surface area contributed by atoms with E-state index >= 15 is 0 Å². The van der Waals surface area contributed by atoms with E-state index < -0.39 is 4.92 Å². The molecule has 1 aliphatic heterocycles. The molecular formula is C10H14ClN3O3. The summed E-state index contributed by atoms with van der Waals surface area (Å²) in [6, 6.07) is 3.20. The minimum absolute atomic E-state index is 0. The fourth-order valence-electron chi connectivity index (χ4n) is 1.71. The third kappa shape index (κ3) is 3.54. The van der Waals surface area contributed by atoms with Gasteiger partial charge in [0.1, 0.15) is 6.61 Å². The second-order valence-corrected chi connectivity index (χ2v) is 3.69. The molecule has 0 spiro atoms. The monoisotopic (exact) mass is 259 g/mol. The van der Waals surface area contributed by atoms with Gasteiger partial charge in [0, 0.05) is 18.3 Å². The lowest BCUT2D eigenvalue weighted by Crippen LogP contribution is -2.28. The zero-order valence-corrected chi connectivity index (χ0v) is 9.98. The molecule has 2 rings (SSSR count). The normalized spacial score (nSPS) is 18.5. The SMILES string of the molecule is Cl.O=[N+]([O-])c1cccnc1OCC1CCCN1. The minimum Gasteiger partial charge on any atom is -0.471 e. The molecule has 1 aromatic heterocycles. The number of ether oxygens (including phenoxy) is 1. The average molecular weight is 260 g/mol. The summed E-state index contributed by atoms with van der Waals surface area (Å²) < 4.78 is 5.37. The van der Waals surface area contributed by atoms with Gasteiger partial charge in [-0.1, -0.05) is 0 Å². The number of nitrogens with zero attached hydrogens (tertiary/aromatic N) is 2. The predicted octanol–water partition coefficient (Wildman–Crippen LogP) is 1.54. The van der Waals surface area contributed by atoms with Crippen LogP contribution in [0.1, 0.15) is 12.8 Å². The van der Waals surface area contributed by atoms with Crippen LogP contribution in [0, 0.1) is 10.1 Å². The maximum absolute atomic E-state index is 10.7. The van der Waals surface area contributed by atoms with E-state index in [4.69, 9.17) is 4.74 Å². The van der Waals surface area contributed by atoms with Gasteiger partial charge >= 0.3 is 5.69 Å². The minimum atomic E-state index is -0.482. The van der Waals surface area contributed by atoms with Gasteiger partial charge in [-0.2, -0.15) is 0 Å². The summed E-state index contributed by atoms with van der Waals surface area (Å²) in [5, 5.41) is 13.9. The van der Waals surface area contributed by atoms with Crippen LogP contribution in [0.4, 0.5) is 5.69 Å². The van der Waals surface area contributed by atoms with E-state index in [0.29, 0.717) is 6.61 Å². The van der Waals surface area contributed by atoms with Gasteiger partial charge in [-0.15, -0.1) is 12.4 Å². The van der Waals surface area contributed by atoms with Crippen molar-refractivity contribution in [2.75, 3.05) is 13.2 Å². The molecule has 0 bridgehead atoms. The second-order valence-electron chi connectivity index (χ2n) is 3.69. The highest BCUT2D eigenvalue weighted by molar-refractivity contribution is 5.85. The van der Waals surface area contributed by atoms with Crippen LogP contribution in [0.5, 0.6) is 5.88 Å².